The van der Waals surface area contributed by atoms with Gasteiger partial charge in [0.25, 0.3) is 0 Å². The molecule has 12 N–H and O–H groups in total. The molecule has 4 aromatic rings. The highest BCUT2D eigenvalue weighted by Gasteiger charge is 2.40. The maximum absolute atomic E-state index is 14.8. The number of carbonyl (C=O) groups is 8. The van der Waals surface area contributed by atoms with Crippen LogP contribution in [0.5, 0.6) is 11.5 Å². The van der Waals surface area contributed by atoms with Gasteiger partial charge in [-0.1, -0.05) is 84.9 Å². The SMILES string of the molecule is N[C@@H]1CCCNC(=O)[C@@H]2CCCN2C(=O)[C@H](Cc2ccccc2)NC(=O)[C@H](NC(=O)[C@H](Cc2ccc(O)cc2)NC(=O)[C@@H](N)Cc2ccc(O)cc2)CCCNC(=O)[C@@H]2CCCN2C(=O)[C@H](Cc2ccccc2)NC1=O. The van der Waals surface area contributed by atoms with Gasteiger partial charge in [-0.3, -0.25) is 38.4 Å². The molecule has 0 aliphatic carbocycles. The number of nitrogens with zero attached hydrogens (tertiary/aromatic N) is 2. The first-order valence-electron chi connectivity index (χ1n) is 26.2. The highest BCUT2D eigenvalue weighted by Crippen LogP contribution is 2.23. The van der Waals surface area contributed by atoms with Crippen molar-refractivity contribution in [2.75, 3.05) is 26.2 Å². The number of phenols is 2. The summed E-state index contributed by atoms with van der Waals surface area (Å²) >= 11 is 0. The lowest BCUT2D eigenvalue weighted by molar-refractivity contribution is -0.142. The third-order valence-electron chi connectivity index (χ3n) is 14.1. The molecule has 7 rings (SSSR count). The van der Waals surface area contributed by atoms with E-state index >= 15 is 0 Å². The molecule has 0 spiro atoms. The van der Waals surface area contributed by atoms with Gasteiger partial charge in [-0.15, -0.1) is 0 Å². The van der Waals surface area contributed by atoms with Crippen molar-refractivity contribution in [1.82, 2.24) is 41.7 Å². The Morgan fingerprint density at radius 1 is 0.553 bits per heavy atom. The van der Waals surface area contributed by atoms with Gasteiger partial charge in [0.15, 0.2) is 0 Å². The summed E-state index contributed by atoms with van der Waals surface area (Å²) in [6.07, 6.45) is 2.44. The van der Waals surface area contributed by atoms with Crippen LogP contribution in [-0.4, -0.2) is 142 Å². The fourth-order valence-corrected chi connectivity index (χ4v) is 9.95. The topological polar surface area (TPSA) is 308 Å². The van der Waals surface area contributed by atoms with Gasteiger partial charge in [0.05, 0.1) is 12.1 Å². The van der Waals surface area contributed by atoms with Gasteiger partial charge in [0, 0.05) is 45.4 Å². The summed E-state index contributed by atoms with van der Waals surface area (Å²) in [5.74, 6) is -4.54. The Hall–Kier alpha value is -7.84. The van der Waals surface area contributed by atoms with Crippen molar-refractivity contribution in [2.24, 2.45) is 11.5 Å². The number of rotatable bonds is 12. The molecule has 3 saturated heterocycles. The van der Waals surface area contributed by atoms with E-state index in [4.69, 9.17) is 11.5 Å². The van der Waals surface area contributed by atoms with Gasteiger partial charge in [0.1, 0.15) is 47.8 Å². The monoisotopic (exact) mass is 1040 g/mol. The number of hydrogen-bond donors (Lipinski definition) is 10. The van der Waals surface area contributed by atoms with Crippen LogP contribution in [0.1, 0.15) is 73.6 Å². The number of amides is 8. The zero-order valence-corrected chi connectivity index (χ0v) is 42.5. The molecule has 0 saturated carbocycles. The van der Waals surface area contributed by atoms with Crippen LogP contribution in [0.2, 0.25) is 0 Å². The summed E-state index contributed by atoms with van der Waals surface area (Å²) in [5.41, 5.74) is 15.4. The number of fused-ring (bicyclic) bond motifs is 2. The van der Waals surface area contributed by atoms with Crippen LogP contribution in [0.4, 0.5) is 0 Å². The fraction of sp³-hybridized carbons (Fsp3) is 0.429. The highest BCUT2D eigenvalue weighted by molar-refractivity contribution is 5.97. The van der Waals surface area contributed by atoms with Gasteiger partial charge in [-0.05, 0) is 104 Å². The minimum Gasteiger partial charge on any atom is -0.508 e. The van der Waals surface area contributed by atoms with Crippen molar-refractivity contribution in [3.63, 3.8) is 0 Å². The zero-order valence-electron chi connectivity index (χ0n) is 42.5. The van der Waals surface area contributed by atoms with E-state index in [9.17, 15) is 48.6 Å². The van der Waals surface area contributed by atoms with Crippen LogP contribution >= 0.6 is 0 Å². The standard InChI is InChI=1S/C56H70N10O10/c57-41-15-7-27-59-53(73)47-17-10-30-66(47)56(76)46(34-36-13-5-2-6-14-36)64-51(71)43(16-8-28-60-54(74)48-18-9-29-65(48)55(75)45(63-49(41)69)33-35-11-3-1-4-12-35)61-52(72)44(32-38-21-25-40(68)26-22-38)62-50(70)42(58)31-37-19-23-39(67)24-20-37/h1-6,11-14,19-26,41-48,67-68H,7-10,15-18,27-34,57-58H2,(H,59,73)(H,60,74)(H,61,72)(H,62,70)(H,63,69)(H,64,71)/t41-,42+,43-,44+,45+,46+,47+,48+/m1/s1. The van der Waals surface area contributed by atoms with Gasteiger partial charge < -0.3 is 63.4 Å². The fourth-order valence-electron chi connectivity index (χ4n) is 9.95. The van der Waals surface area contributed by atoms with E-state index in [0.29, 0.717) is 48.8 Å². The van der Waals surface area contributed by atoms with Gasteiger partial charge in [0.2, 0.25) is 47.3 Å². The average Bonchev–Trinajstić information content (AvgIpc) is 4.13. The predicted molar refractivity (Wildman–Crippen MR) is 282 cm³/mol. The number of carbonyl (C=O) groups excluding carboxylic acids is 8. The Morgan fingerprint density at radius 3 is 1.51 bits per heavy atom. The maximum Gasteiger partial charge on any atom is 0.246 e. The lowest BCUT2D eigenvalue weighted by atomic mass is 10.0. The lowest BCUT2D eigenvalue weighted by Crippen LogP contribution is -2.59. The number of benzene rings is 4. The summed E-state index contributed by atoms with van der Waals surface area (Å²) in [4.78, 5) is 117. The maximum atomic E-state index is 14.8. The highest BCUT2D eigenvalue weighted by atomic mass is 16.3. The molecule has 20 heteroatoms. The minimum atomic E-state index is -1.35. The quantitative estimate of drug-likeness (QED) is 0.0941. The third-order valence-corrected chi connectivity index (χ3v) is 14.1. The molecule has 76 heavy (non-hydrogen) atoms. The zero-order chi connectivity index (χ0) is 54.1. The van der Waals surface area contributed by atoms with E-state index in [2.05, 4.69) is 31.9 Å². The summed E-state index contributed by atoms with van der Waals surface area (Å²) in [5, 5.41) is 36.9. The normalized spacial score (nSPS) is 23.3. The second-order valence-corrected chi connectivity index (χ2v) is 19.8. The van der Waals surface area contributed by atoms with Crippen LogP contribution in [0.3, 0.4) is 0 Å². The van der Waals surface area contributed by atoms with E-state index in [1.807, 2.05) is 36.4 Å². The summed E-state index contributed by atoms with van der Waals surface area (Å²) in [7, 11) is 0. The van der Waals surface area contributed by atoms with Gasteiger partial charge in [-0.2, -0.15) is 0 Å². The molecule has 8 amide bonds. The largest absolute Gasteiger partial charge is 0.508 e. The molecule has 20 nitrogen and oxygen atoms in total. The molecule has 8 atom stereocenters. The molecule has 404 valence electrons. The van der Waals surface area contributed by atoms with Crippen molar-refractivity contribution in [3.05, 3.63) is 131 Å². The summed E-state index contributed by atoms with van der Waals surface area (Å²) in [6, 6.07) is 21.6. The Morgan fingerprint density at radius 2 is 1.01 bits per heavy atom. The summed E-state index contributed by atoms with van der Waals surface area (Å²) in [6.45, 7) is 0.646. The second-order valence-electron chi connectivity index (χ2n) is 19.8. The third kappa shape index (κ3) is 15.6. The number of aromatic hydroxyl groups is 2. The van der Waals surface area contributed by atoms with Crippen molar-refractivity contribution < 1.29 is 48.6 Å². The molecule has 3 aliphatic heterocycles. The summed E-state index contributed by atoms with van der Waals surface area (Å²) < 4.78 is 0. The predicted octanol–water partition coefficient (Wildman–Crippen LogP) is 0.751. The molecule has 0 radical (unpaired) electrons. The first-order chi connectivity index (χ1) is 36.6. The molecular weight excluding hydrogens is 973 g/mol. The molecule has 3 fully saturated rings. The van der Waals surface area contributed by atoms with Crippen molar-refractivity contribution >= 4 is 47.3 Å². The molecule has 3 heterocycles. The first kappa shape index (κ1) is 55.9. The molecular formula is C56H70N10O10. The Balaban J connectivity index is 1.16. The van der Waals surface area contributed by atoms with Crippen LogP contribution in [0.25, 0.3) is 0 Å². The van der Waals surface area contributed by atoms with E-state index in [1.54, 1.807) is 48.5 Å². The molecule has 4 aromatic carbocycles. The molecule has 0 bridgehead atoms. The second kappa shape index (κ2) is 27.1. The van der Waals surface area contributed by atoms with E-state index in [0.717, 1.165) is 5.56 Å². The number of nitrogens with one attached hydrogen (secondary N) is 6. The van der Waals surface area contributed by atoms with E-state index in [-0.39, 0.29) is 82.6 Å². The van der Waals surface area contributed by atoms with E-state index in [1.165, 1.54) is 34.1 Å². The van der Waals surface area contributed by atoms with Crippen LogP contribution in [0.15, 0.2) is 109 Å². The van der Waals surface area contributed by atoms with E-state index < -0.39 is 95.6 Å². The van der Waals surface area contributed by atoms with Crippen LogP contribution < -0.4 is 43.4 Å². The van der Waals surface area contributed by atoms with Crippen molar-refractivity contribution in [3.8, 4) is 11.5 Å². The number of phenolic OH excluding ortho intramolecular Hbond substituents is 2. The number of nitrogens with two attached hydrogens (primary N) is 2. The minimum absolute atomic E-state index is 0.00672. The average molecular weight is 1040 g/mol. The number of hydrogen-bond acceptors (Lipinski definition) is 12. The Labute approximate surface area is 442 Å². The molecule has 0 unspecified atom stereocenters. The Kier molecular flexibility index (Phi) is 19.9. The first-order valence-corrected chi connectivity index (χ1v) is 26.2. The van der Waals surface area contributed by atoms with Crippen molar-refractivity contribution in [1.29, 1.82) is 0 Å². The van der Waals surface area contributed by atoms with Gasteiger partial charge in [-0.25, -0.2) is 0 Å². The lowest BCUT2D eigenvalue weighted by Gasteiger charge is -2.31. The molecule has 0 aromatic heterocycles. The van der Waals surface area contributed by atoms with Crippen LogP contribution in [-0.2, 0) is 64.0 Å². The van der Waals surface area contributed by atoms with Crippen LogP contribution in [0, 0.1) is 0 Å². The molecule has 3 aliphatic rings. The van der Waals surface area contributed by atoms with Crippen molar-refractivity contribution in [2.45, 2.75) is 125 Å². The Bertz CT molecular complexity index is 2640. The smallest absolute Gasteiger partial charge is 0.246 e. The van der Waals surface area contributed by atoms with Gasteiger partial charge >= 0.3 is 0 Å².